The zero-order valence-electron chi connectivity index (χ0n) is 18.4. The average Bonchev–Trinajstić information content (AvgIpc) is 2.82. The summed E-state index contributed by atoms with van der Waals surface area (Å²) in [5, 5.41) is 11.1. The summed E-state index contributed by atoms with van der Waals surface area (Å²) >= 11 is 0. The van der Waals surface area contributed by atoms with E-state index < -0.39 is 4.92 Å². The monoisotopic (exact) mass is 431 g/mol. The van der Waals surface area contributed by atoms with Crippen LogP contribution in [0, 0.1) is 10.1 Å². The van der Waals surface area contributed by atoms with Crippen LogP contribution in [0.4, 0.5) is 11.5 Å². The van der Waals surface area contributed by atoms with E-state index in [-0.39, 0.29) is 17.6 Å². The number of fused-ring (bicyclic) bond motifs is 1. The highest BCUT2D eigenvalue weighted by atomic mass is 16.6. The minimum Gasteiger partial charge on any atom is -0.357 e. The molecule has 1 aliphatic heterocycles. The lowest BCUT2D eigenvalue weighted by atomic mass is 10.0. The lowest BCUT2D eigenvalue weighted by Crippen LogP contribution is -2.38. The molecule has 0 saturated carbocycles. The van der Waals surface area contributed by atoms with E-state index in [0.29, 0.717) is 30.9 Å². The van der Waals surface area contributed by atoms with Gasteiger partial charge >= 0.3 is 0 Å². The van der Waals surface area contributed by atoms with Crippen molar-refractivity contribution in [3.8, 4) is 11.4 Å². The fourth-order valence-corrected chi connectivity index (χ4v) is 3.76. The molecule has 2 heterocycles. The number of carbonyl (C=O) groups excluding carboxylic acids is 1. The van der Waals surface area contributed by atoms with Crippen LogP contribution in [-0.4, -0.2) is 45.3 Å². The zero-order chi connectivity index (χ0) is 22.8. The lowest BCUT2D eigenvalue weighted by molar-refractivity contribution is -0.384. The van der Waals surface area contributed by atoms with E-state index in [4.69, 9.17) is 9.97 Å². The maximum Gasteiger partial charge on any atom is 0.270 e. The van der Waals surface area contributed by atoms with Crippen molar-refractivity contribution in [3.63, 3.8) is 0 Å². The Morgan fingerprint density at radius 3 is 2.56 bits per heavy atom. The summed E-state index contributed by atoms with van der Waals surface area (Å²) in [4.78, 5) is 37.3. The molecule has 0 unspecified atom stereocenters. The molecule has 0 spiro atoms. The number of nitro groups is 1. The fraction of sp³-hybridized carbons (Fsp3) is 0.292. The summed E-state index contributed by atoms with van der Waals surface area (Å²) in [5.41, 5.74) is 3.02. The standard InChI is InChI=1S/C24H25N5O3/c1-16(2)27(3)23-20-15-28(24(30)18-10-7-11-19(14-18)29(31)32)13-12-21(20)25-22(26-23)17-8-5-4-6-9-17/h4-11,14,16H,12-13,15H2,1-3H3. The number of aromatic nitrogens is 2. The first-order chi connectivity index (χ1) is 15.3. The first-order valence-corrected chi connectivity index (χ1v) is 10.6. The van der Waals surface area contributed by atoms with Gasteiger partial charge in [0, 0.05) is 54.9 Å². The van der Waals surface area contributed by atoms with Crippen molar-refractivity contribution in [2.75, 3.05) is 18.5 Å². The second-order valence-corrected chi connectivity index (χ2v) is 8.15. The van der Waals surface area contributed by atoms with Crippen molar-refractivity contribution >= 4 is 17.4 Å². The van der Waals surface area contributed by atoms with Crippen molar-refractivity contribution in [1.29, 1.82) is 0 Å². The second-order valence-electron chi connectivity index (χ2n) is 8.15. The van der Waals surface area contributed by atoms with E-state index in [9.17, 15) is 14.9 Å². The van der Waals surface area contributed by atoms with Gasteiger partial charge in [0.05, 0.1) is 17.2 Å². The van der Waals surface area contributed by atoms with E-state index in [0.717, 1.165) is 22.6 Å². The van der Waals surface area contributed by atoms with Crippen LogP contribution in [0.1, 0.15) is 35.5 Å². The summed E-state index contributed by atoms with van der Waals surface area (Å²) in [6, 6.07) is 15.9. The maximum absolute atomic E-state index is 13.1. The van der Waals surface area contributed by atoms with Gasteiger partial charge < -0.3 is 9.80 Å². The van der Waals surface area contributed by atoms with Crippen LogP contribution in [0.3, 0.4) is 0 Å². The number of hydrogen-bond donors (Lipinski definition) is 0. The summed E-state index contributed by atoms with van der Waals surface area (Å²) in [7, 11) is 1.99. The number of carbonyl (C=O) groups is 1. The highest BCUT2D eigenvalue weighted by Crippen LogP contribution is 2.31. The Kier molecular flexibility index (Phi) is 5.85. The van der Waals surface area contributed by atoms with E-state index in [1.165, 1.54) is 18.2 Å². The second kappa shape index (κ2) is 8.74. The summed E-state index contributed by atoms with van der Waals surface area (Å²) in [5.74, 6) is 1.25. The summed E-state index contributed by atoms with van der Waals surface area (Å²) in [6.45, 7) is 5.03. The normalized spacial score (nSPS) is 13.1. The van der Waals surface area contributed by atoms with Crippen molar-refractivity contribution in [2.24, 2.45) is 0 Å². The molecule has 3 aromatic rings. The molecular formula is C24H25N5O3. The third kappa shape index (κ3) is 4.16. The van der Waals surface area contributed by atoms with Gasteiger partial charge in [0.25, 0.3) is 11.6 Å². The fourth-order valence-electron chi connectivity index (χ4n) is 3.76. The molecule has 0 radical (unpaired) electrons. The smallest absolute Gasteiger partial charge is 0.270 e. The van der Waals surface area contributed by atoms with Gasteiger partial charge in [0.2, 0.25) is 0 Å². The Balaban J connectivity index is 1.71. The number of nitro benzene ring substituents is 1. The van der Waals surface area contributed by atoms with Gasteiger partial charge in [-0.25, -0.2) is 9.97 Å². The molecule has 0 N–H and O–H groups in total. The average molecular weight is 431 g/mol. The van der Waals surface area contributed by atoms with Gasteiger partial charge in [-0.05, 0) is 19.9 Å². The molecule has 1 aromatic heterocycles. The van der Waals surface area contributed by atoms with Crippen molar-refractivity contribution in [1.82, 2.24) is 14.9 Å². The molecule has 1 amide bonds. The Labute approximate surface area is 186 Å². The predicted octanol–water partition coefficient (Wildman–Crippen LogP) is 4.09. The quantitative estimate of drug-likeness (QED) is 0.446. The van der Waals surface area contributed by atoms with Gasteiger partial charge in [-0.15, -0.1) is 0 Å². The van der Waals surface area contributed by atoms with Gasteiger partial charge in [-0.1, -0.05) is 36.4 Å². The van der Waals surface area contributed by atoms with E-state index in [1.807, 2.05) is 37.4 Å². The Hall–Kier alpha value is -3.81. The molecule has 32 heavy (non-hydrogen) atoms. The molecule has 0 atom stereocenters. The molecule has 1 aliphatic rings. The molecule has 4 rings (SSSR count). The van der Waals surface area contributed by atoms with Gasteiger partial charge in [-0.3, -0.25) is 14.9 Å². The first-order valence-electron chi connectivity index (χ1n) is 10.6. The minimum atomic E-state index is -0.489. The number of anilines is 1. The van der Waals surface area contributed by atoms with Crippen LogP contribution in [0.5, 0.6) is 0 Å². The van der Waals surface area contributed by atoms with Crippen LogP contribution in [0.2, 0.25) is 0 Å². The number of benzene rings is 2. The van der Waals surface area contributed by atoms with E-state index in [2.05, 4.69) is 18.7 Å². The number of non-ortho nitro benzene ring substituents is 1. The van der Waals surface area contributed by atoms with Crippen LogP contribution in [-0.2, 0) is 13.0 Å². The summed E-state index contributed by atoms with van der Waals surface area (Å²) in [6.07, 6.45) is 0.595. The number of nitrogens with zero attached hydrogens (tertiary/aromatic N) is 5. The summed E-state index contributed by atoms with van der Waals surface area (Å²) < 4.78 is 0. The third-order valence-electron chi connectivity index (χ3n) is 5.77. The molecular weight excluding hydrogens is 406 g/mol. The van der Waals surface area contributed by atoms with E-state index in [1.54, 1.807) is 11.0 Å². The van der Waals surface area contributed by atoms with Crippen molar-refractivity contribution in [2.45, 2.75) is 32.9 Å². The minimum absolute atomic E-state index is 0.0932. The highest BCUT2D eigenvalue weighted by molar-refractivity contribution is 5.95. The molecule has 0 fully saturated rings. The Morgan fingerprint density at radius 2 is 1.88 bits per heavy atom. The Morgan fingerprint density at radius 1 is 1.12 bits per heavy atom. The molecule has 0 aliphatic carbocycles. The topological polar surface area (TPSA) is 92.5 Å². The molecule has 8 nitrogen and oxygen atoms in total. The molecule has 8 heteroatoms. The first kappa shape index (κ1) is 21.4. The van der Waals surface area contributed by atoms with Crippen molar-refractivity contribution in [3.05, 3.63) is 81.5 Å². The van der Waals surface area contributed by atoms with Gasteiger partial charge in [0.15, 0.2) is 5.82 Å². The molecule has 0 saturated heterocycles. The van der Waals surface area contributed by atoms with Crippen LogP contribution in [0.15, 0.2) is 54.6 Å². The zero-order valence-corrected chi connectivity index (χ0v) is 18.4. The van der Waals surface area contributed by atoms with E-state index >= 15 is 0 Å². The van der Waals surface area contributed by atoms with Crippen LogP contribution in [0.25, 0.3) is 11.4 Å². The Bertz CT molecular complexity index is 1160. The highest BCUT2D eigenvalue weighted by Gasteiger charge is 2.28. The predicted molar refractivity (Wildman–Crippen MR) is 123 cm³/mol. The van der Waals surface area contributed by atoms with Gasteiger partial charge in [0.1, 0.15) is 5.82 Å². The number of rotatable bonds is 5. The van der Waals surface area contributed by atoms with Crippen LogP contribution < -0.4 is 4.90 Å². The largest absolute Gasteiger partial charge is 0.357 e. The maximum atomic E-state index is 13.1. The van der Waals surface area contributed by atoms with Crippen molar-refractivity contribution < 1.29 is 9.72 Å². The SMILES string of the molecule is CC(C)N(C)c1nc(-c2ccccc2)nc2c1CN(C(=O)c1cccc([N+](=O)[O-])c1)CC2. The molecule has 0 bridgehead atoms. The lowest BCUT2D eigenvalue weighted by Gasteiger charge is -2.33. The molecule has 2 aromatic carbocycles. The van der Waals surface area contributed by atoms with Gasteiger partial charge in [-0.2, -0.15) is 0 Å². The molecule has 164 valence electrons. The third-order valence-corrected chi connectivity index (χ3v) is 5.77. The number of amides is 1. The number of hydrogen-bond acceptors (Lipinski definition) is 6. The van der Waals surface area contributed by atoms with Crippen LogP contribution >= 0.6 is 0 Å².